The number of amides is 1. The number of carboxylic acid groups (broad SMARTS) is 5. The Bertz CT molecular complexity index is 2530. The smallest absolute Gasteiger partial charge is 0.338 e. The molecule has 1 aliphatic rings. The summed E-state index contributed by atoms with van der Waals surface area (Å²) in [6.45, 7) is 0.352. The summed E-state index contributed by atoms with van der Waals surface area (Å²) in [5.41, 5.74) is 2.15. The fourth-order valence-corrected chi connectivity index (χ4v) is 5.81. The molecule has 1 atom stereocenters. The molecule has 1 amide bonds. The van der Waals surface area contributed by atoms with E-state index in [1.165, 1.54) is 18.2 Å². The maximum atomic E-state index is 12.7. The standard InChI is InChI=1S/C17H16ClNO3.C16H13FO3.C7H2F4O2.C7H8O4/c18-14-8-6-13(7-9-14)15(11-17(21)22)19-16(20)10-12-4-2-1-3-5-12;17-14-6-1-13(2-7-14)11-20-15-8-3-12(4-9-15)5-10-16(18)19;8-3-1-2(7(12)13)4(9)6(11)5(3)10;8-6(9)4-2-1-3-5(4)7(10)11/h1-9,15H,10-11H2,(H,19,20)(H,21,22);1-10H,11H2,(H,18,19);1H,(H,12,13);1-3H2,(H,8,9)(H,10,11). The zero-order valence-electron chi connectivity index (χ0n) is 34.2. The SMILES string of the molecule is O=C(O)C1=C(C(=O)O)CCC1.O=C(O)C=Cc1ccc(OCc2ccc(F)cc2)cc1.O=C(O)CC(NC(=O)Cc1ccccc1)c1ccc(Cl)cc1.O=C(O)c1cc(F)c(F)c(F)c1F. The zero-order valence-corrected chi connectivity index (χ0v) is 35.0. The number of carbonyl (C=O) groups excluding carboxylic acids is 1. The number of aromatic carboxylic acids is 1. The lowest BCUT2D eigenvalue weighted by Gasteiger charge is -2.17. The molecule has 13 nitrogen and oxygen atoms in total. The molecule has 0 heterocycles. The van der Waals surface area contributed by atoms with Crippen molar-refractivity contribution in [3.8, 4) is 5.75 Å². The van der Waals surface area contributed by atoms with Gasteiger partial charge in [-0.3, -0.25) is 9.59 Å². The first-order valence-corrected chi connectivity index (χ1v) is 19.6. The molecule has 5 aromatic carbocycles. The van der Waals surface area contributed by atoms with Crippen LogP contribution in [0, 0.1) is 29.1 Å². The van der Waals surface area contributed by atoms with E-state index in [2.05, 4.69) is 5.32 Å². The molecule has 6 rings (SSSR count). The van der Waals surface area contributed by atoms with Crippen LogP contribution in [0.4, 0.5) is 22.0 Å². The minimum absolute atomic E-state index is 0.0671. The third kappa shape index (κ3) is 17.7. The average molecular weight is 940 g/mol. The van der Waals surface area contributed by atoms with E-state index in [-0.39, 0.29) is 41.8 Å². The van der Waals surface area contributed by atoms with Gasteiger partial charge in [-0.2, -0.15) is 0 Å². The molecule has 1 aliphatic carbocycles. The highest BCUT2D eigenvalue weighted by Gasteiger charge is 2.25. The third-order valence-corrected chi connectivity index (χ3v) is 9.13. The van der Waals surface area contributed by atoms with E-state index in [0.717, 1.165) is 22.8 Å². The lowest BCUT2D eigenvalue weighted by atomic mass is 10.0. The van der Waals surface area contributed by atoms with Gasteiger partial charge in [0, 0.05) is 22.2 Å². The van der Waals surface area contributed by atoms with E-state index in [4.69, 9.17) is 41.9 Å². The van der Waals surface area contributed by atoms with Crippen LogP contribution < -0.4 is 10.1 Å². The van der Waals surface area contributed by atoms with Crippen molar-refractivity contribution < 1.29 is 81.0 Å². The van der Waals surface area contributed by atoms with Crippen molar-refractivity contribution in [3.05, 3.63) is 188 Å². The Hall–Kier alpha value is -7.86. The molecule has 0 radical (unpaired) electrons. The van der Waals surface area contributed by atoms with Crippen molar-refractivity contribution in [2.45, 2.75) is 44.8 Å². The Kier molecular flexibility index (Phi) is 20.7. The number of carbonyl (C=O) groups is 6. The van der Waals surface area contributed by atoms with Crippen molar-refractivity contribution in [2.24, 2.45) is 0 Å². The summed E-state index contributed by atoms with van der Waals surface area (Å²) in [6, 6.07) is 28.7. The van der Waals surface area contributed by atoms with E-state index in [1.54, 1.807) is 60.7 Å². The van der Waals surface area contributed by atoms with Crippen LogP contribution in [0.25, 0.3) is 6.08 Å². The molecule has 1 unspecified atom stereocenters. The van der Waals surface area contributed by atoms with Gasteiger partial charge in [-0.05, 0) is 90.1 Å². The predicted molar refractivity (Wildman–Crippen MR) is 228 cm³/mol. The number of benzene rings is 5. The summed E-state index contributed by atoms with van der Waals surface area (Å²) in [4.78, 5) is 64.4. The number of nitrogens with one attached hydrogen (secondary N) is 1. The molecular formula is C47H39ClF5NO12. The maximum absolute atomic E-state index is 12.7. The summed E-state index contributed by atoms with van der Waals surface area (Å²) in [5, 5.41) is 46.1. The van der Waals surface area contributed by atoms with Gasteiger partial charge in [0.1, 0.15) is 23.7 Å². The first-order chi connectivity index (χ1) is 31.2. The van der Waals surface area contributed by atoms with Crippen LogP contribution in [0.5, 0.6) is 5.75 Å². The summed E-state index contributed by atoms with van der Waals surface area (Å²) in [5.74, 6) is -13.6. The number of carboxylic acids is 5. The average Bonchev–Trinajstić information content (AvgIpc) is 3.79. The zero-order chi connectivity index (χ0) is 48.9. The van der Waals surface area contributed by atoms with Gasteiger partial charge in [0.2, 0.25) is 5.91 Å². The van der Waals surface area contributed by atoms with Gasteiger partial charge in [0.05, 0.1) is 18.9 Å². The van der Waals surface area contributed by atoms with E-state index in [9.17, 15) is 50.7 Å². The second kappa shape index (κ2) is 26.1. The Balaban J connectivity index is 0.000000242. The minimum Gasteiger partial charge on any atom is -0.489 e. The number of aliphatic carboxylic acids is 4. The minimum atomic E-state index is -2.13. The normalized spacial score (nSPS) is 12.0. The summed E-state index contributed by atoms with van der Waals surface area (Å²) >= 11 is 5.83. The van der Waals surface area contributed by atoms with Crippen LogP contribution in [-0.4, -0.2) is 61.3 Å². The molecule has 0 fully saturated rings. The Morgan fingerprint density at radius 1 is 0.667 bits per heavy atom. The fraction of sp³-hybridized carbons (Fsp3) is 0.149. The molecule has 346 valence electrons. The van der Waals surface area contributed by atoms with Crippen molar-refractivity contribution in [1.82, 2.24) is 5.32 Å². The second-order valence-electron chi connectivity index (χ2n) is 13.7. The van der Waals surface area contributed by atoms with Crippen molar-refractivity contribution in [2.75, 3.05) is 0 Å². The monoisotopic (exact) mass is 939 g/mol. The Morgan fingerprint density at radius 2 is 1.24 bits per heavy atom. The molecule has 0 saturated carbocycles. The van der Waals surface area contributed by atoms with Crippen molar-refractivity contribution >= 4 is 53.4 Å². The highest BCUT2D eigenvalue weighted by atomic mass is 35.5. The molecule has 0 aromatic heterocycles. The quantitative estimate of drug-likeness (QED) is 0.0265. The first-order valence-electron chi connectivity index (χ1n) is 19.2. The topological polar surface area (TPSA) is 225 Å². The molecule has 0 aliphatic heterocycles. The molecule has 19 heteroatoms. The van der Waals surface area contributed by atoms with Gasteiger partial charge in [0.15, 0.2) is 23.3 Å². The largest absolute Gasteiger partial charge is 0.489 e. The number of ether oxygens (including phenoxy) is 1. The van der Waals surface area contributed by atoms with Gasteiger partial charge in [-0.25, -0.2) is 41.1 Å². The van der Waals surface area contributed by atoms with E-state index in [1.807, 2.05) is 30.3 Å². The van der Waals surface area contributed by atoms with Crippen LogP contribution in [-0.2, 0) is 37.0 Å². The first kappa shape index (κ1) is 52.5. The van der Waals surface area contributed by atoms with Crippen LogP contribution in [0.2, 0.25) is 5.02 Å². The van der Waals surface area contributed by atoms with Gasteiger partial charge in [-0.15, -0.1) is 0 Å². The summed E-state index contributed by atoms with van der Waals surface area (Å²) in [7, 11) is 0. The number of hydrogen-bond donors (Lipinski definition) is 6. The van der Waals surface area contributed by atoms with Crippen molar-refractivity contribution in [1.29, 1.82) is 0 Å². The van der Waals surface area contributed by atoms with Crippen LogP contribution in [0.15, 0.2) is 126 Å². The van der Waals surface area contributed by atoms with Gasteiger partial charge in [-0.1, -0.05) is 78.3 Å². The second-order valence-corrected chi connectivity index (χ2v) is 14.1. The molecule has 5 aromatic rings. The van der Waals surface area contributed by atoms with Crippen LogP contribution in [0.3, 0.4) is 0 Å². The molecular weight excluding hydrogens is 901 g/mol. The van der Waals surface area contributed by atoms with Crippen LogP contribution in [0.1, 0.15) is 64.3 Å². The highest BCUT2D eigenvalue weighted by molar-refractivity contribution is 6.30. The Morgan fingerprint density at radius 3 is 1.76 bits per heavy atom. The van der Waals surface area contributed by atoms with Crippen LogP contribution >= 0.6 is 11.6 Å². The van der Waals surface area contributed by atoms with Gasteiger partial charge < -0.3 is 35.6 Å². The van der Waals surface area contributed by atoms with Gasteiger partial charge >= 0.3 is 29.8 Å². The van der Waals surface area contributed by atoms with E-state index < -0.39 is 64.7 Å². The number of halogens is 6. The molecule has 0 spiro atoms. The molecule has 66 heavy (non-hydrogen) atoms. The maximum Gasteiger partial charge on any atom is 0.338 e. The summed E-state index contributed by atoms with van der Waals surface area (Å²) in [6.07, 6.45) is 4.03. The van der Waals surface area contributed by atoms with Gasteiger partial charge in [0.25, 0.3) is 0 Å². The molecule has 0 bridgehead atoms. The highest BCUT2D eigenvalue weighted by Crippen LogP contribution is 2.26. The Labute approximate surface area is 377 Å². The van der Waals surface area contributed by atoms with E-state index in [0.29, 0.717) is 42.2 Å². The third-order valence-electron chi connectivity index (χ3n) is 8.88. The number of rotatable bonds is 14. The fourth-order valence-electron chi connectivity index (χ4n) is 5.68. The lowest BCUT2D eigenvalue weighted by Crippen LogP contribution is -2.31. The lowest BCUT2D eigenvalue weighted by molar-refractivity contribution is -0.138. The number of hydrogen-bond acceptors (Lipinski definition) is 7. The summed E-state index contributed by atoms with van der Waals surface area (Å²) < 4.78 is 67.8. The molecule has 0 saturated heterocycles. The molecule has 6 N–H and O–H groups in total. The van der Waals surface area contributed by atoms with Crippen molar-refractivity contribution in [3.63, 3.8) is 0 Å². The predicted octanol–water partition coefficient (Wildman–Crippen LogP) is 9.29. The van der Waals surface area contributed by atoms with E-state index >= 15 is 0 Å².